The summed E-state index contributed by atoms with van der Waals surface area (Å²) in [5.74, 6) is 0.372. The van der Waals surface area contributed by atoms with Crippen LogP contribution < -0.4 is 10.6 Å². The lowest BCUT2D eigenvalue weighted by atomic mass is 10.2. The molecule has 7 heteroatoms. The zero-order chi connectivity index (χ0) is 16.1. The van der Waals surface area contributed by atoms with Gasteiger partial charge in [-0.1, -0.05) is 22.0 Å². The summed E-state index contributed by atoms with van der Waals surface area (Å²) in [4.78, 5) is 9.82. The van der Waals surface area contributed by atoms with Crippen molar-refractivity contribution in [2.24, 2.45) is 4.99 Å². The first-order chi connectivity index (χ1) is 10.5. The maximum Gasteiger partial charge on any atom is 0.191 e. The van der Waals surface area contributed by atoms with Gasteiger partial charge in [0, 0.05) is 28.5 Å². The summed E-state index contributed by atoms with van der Waals surface area (Å²) in [7, 11) is 1.69. The van der Waals surface area contributed by atoms with E-state index in [4.69, 9.17) is 0 Å². The van der Waals surface area contributed by atoms with Crippen molar-refractivity contribution < 1.29 is 4.39 Å². The predicted octanol–water partition coefficient (Wildman–Crippen LogP) is 3.53. The average molecular weight is 385 g/mol. The fraction of sp³-hybridized carbons (Fsp3) is 0.333. The minimum Gasteiger partial charge on any atom is -0.352 e. The molecule has 0 aliphatic heterocycles. The van der Waals surface area contributed by atoms with Crippen molar-refractivity contribution in [3.63, 3.8) is 0 Å². The third-order valence-corrected chi connectivity index (χ3v) is 4.73. The van der Waals surface area contributed by atoms with Crippen LogP contribution in [0.5, 0.6) is 0 Å². The Morgan fingerprint density at radius 3 is 2.64 bits per heavy atom. The normalized spacial score (nSPS) is 11.6. The molecule has 0 unspecified atom stereocenters. The first-order valence-electron chi connectivity index (χ1n) is 6.81. The van der Waals surface area contributed by atoms with Crippen LogP contribution in [0.15, 0.2) is 27.7 Å². The smallest absolute Gasteiger partial charge is 0.191 e. The third-order valence-electron chi connectivity index (χ3n) is 3.16. The van der Waals surface area contributed by atoms with E-state index in [0.29, 0.717) is 24.6 Å². The summed E-state index contributed by atoms with van der Waals surface area (Å²) in [5, 5.41) is 7.29. The van der Waals surface area contributed by atoms with Crippen molar-refractivity contribution >= 4 is 33.2 Å². The molecule has 0 saturated carbocycles. The largest absolute Gasteiger partial charge is 0.352 e. The van der Waals surface area contributed by atoms with Gasteiger partial charge < -0.3 is 10.6 Å². The molecule has 1 aromatic carbocycles. The lowest BCUT2D eigenvalue weighted by Gasteiger charge is -2.11. The number of benzene rings is 1. The molecule has 22 heavy (non-hydrogen) atoms. The number of hydrogen-bond acceptors (Lipinski definition) is 3. The molecule has 1 heterocycles. The predicted molar refractivity (Wildman–Crippen MR) is 92.7 cm³/mol. The lowest BCUT2D eigenvalue weighted by Crippen LogP contribution is -2.36. The van der Waals surface area contributed by atoms with Crippen LogP contribution in [0, 0.1) is 19.7 Å². The van der Waals surface area contributed by atoms with Crippen LogP contribution in [0.4, 0.5) is 4.39 Å². The highest BCUT2D eigenvalue weighted by Crippen LogP contribution is 2.16. The summed E-state index contributed by atoms with van der Waals surface area (Å²) >= 11 is 4.91. The Morgan fingerprint density at radius 2 is 2.05 bits per heavy atom. The molecule has 0 radical (unpaired) electrons. The minimum atomic E-state index is -0.247. The van der Waals surface area contributed by atoms with E-state index in [1.165, 1.54) is 10.9 Å². The van der Waals surface area contributed by atoms with Crippen LogP contribution in [0.3, 0.4) is 0 Å². The molecule has 0 saturated heterocycles. The van der Waals surface area contributed by atoms with E-state index in [9.17, 15) is 4.39 Å². The van der Waals surface area contributed by atoms with Crippen LogP contribution in [0.1, 0.15) is 21.1 Å². The van der Waals surface area contributed by atoms with Crippen LogP contribution in [0.2, 0.25) is 0 Å². The van der Waals surface area contributed by atoms with Crippen molar-refractivity contribution in [1.82, 2.24) is 15.6 Å². The second-order valence-electron chi connectivity index (χ2n) is 4.76. The topological polar surface area (TPSA) is 49.3 Å². The first kappa shape index (κ1) is 16.9. The summed E-state index contributed by atoms with van der Waals surface area (Å²) in [6.07, 6.45) is 0. The Hall–Kier alpha value is -1.47. The van der Waals surface area contributed by atoms with Crippen molar-refractivity contribution in [3.05, 3.63) is 49.6 Å². The molecule has 0 amide bonds. The molecule has 118 valence electrons. The van der Waals surface area contributed by atoms with Gasteiger partial charge >= 0.3 is 0 Å². The van der Waals surface area contributed by atoms with Crippen LogP contribution in [-0.4, -0.2) is 18.0 Å². The summed E-state index contributed by atoms with van der Waals surface area (Å²) in [6, 6.07) is 5.01. The molecule has 2 aromatic rings. The maximum absolute atomic E-state index is 13.8. The van der Waals surface area contributed by atoms with Gasteiger partial charge in [-0.05, 0) is 26.0 Å². The van der Waals surface area contributed by atoms with Gasteiger partial charge in [-0.15, -0.1) is 11.3 Å². The molecular weight excluding hydrogens is 367 g/mol. The van der Waals surface area contributed by atoms with Gasteiger partial charge in [0.1, 0.15) is 10.8 Å². The van der Waals surface area contributed by atoms with Gasteiger partial charge in [0.05, 0.1) is 12.2 Å². The number of guanidine groups is 1. The number of hydrogen-bond donors (Lipinski definition) is 2. The van der Waals surface area contributed by atoms with Gasteiger partial charge in [0.2, 0.25) is 0 Å². The number of aromatic nitrogens is 1. The quantitative estimate of drug-likeness (QED) is 0.626. The zero-order valence-corrected chi connectivity index (χ0v) is 15.1. The van der Waals surface area contributed by atoms with Gasteiger partial charge in [0.15, 0.2) is 5.96 Å². The van der Waals surface area contributed by atoms with E-state index in [0.717, 1.165) is 15.2 Å². The number of nitrogens with one attached hydrogen (secondary N) is 2. The molecule has 0 spiro atoms. The number of aliphatic imine (C=N–C) groups is 1. The Bertz CT molecular complexity index is 665. The summed E-state index contributed by atoms with van der Waals surface area (Å²) < 4.78 is 14.5. The second kappa shape index (κ2) is 7.69. The summed E-state index contributed by atoms with van der Waals surface area (Å²) in [5.41, 5.74) is 1.65. The fourth-order valence-corrected chi connectivity index (χ4v) is 3.05. The number of halogens is 2. The molecule has 2 N–H and O–H groups in total. The highest BCUT2D eigenvalue weighted by molar-refractivity contribution is 9.10. The first-order valence-corrected chi connectivity index (χ1v) is 8.42. The van der Waals surface area contributed by atoms with Crippen LogP contribution in [-0.2, 0) is 13.1 Å². The van der Waals surface area contributed by atoms with Gasteiger partial charge in [0.25, 0.3) is 0 Å². The van der Waals surface area contributed by atoms with Crippen molar-refractivity contribution in [3.8, 4) is 0 Å². The minimum absolute atomic E-state index is 0.247. The highest BCUT2D eigenvalue weighted by atomic mass is 79.9. The van der Waals surface area contributed by atoms with E-state index in [1.807, 2.05) is 13.0 Å². The molecule has 0 aliphatic rings. The van der Waals surface area contributed by atoms with Crippen molar-refractivity contribution in [2.45, 2.75) is 26.9 Å². The molecule has 0 atom stereocenters. The molecular formula is C15H18BrFN4S. The Morgan fingerprint density at radius 1 is 1.32 bits per heavy atom. The molecule has 4 nitrogen and oxygen atoms in total. The number of nitrogens with zero attached hydrogens (tertiary/aromatic N) is 2. The van der Waals surface area contributed by atoms with Crippen molar-refractivity contribution in [1.29, 1.82) is 0 Å². The van der Waals surface area contributed by atoms with E-state index >= 15 is 0 Å². The highest BCUT2D eigenvalue weighted by Gasteiger charge is 2.06. The number of aryl methyl sites for hydroxylation is 2. The molecule has 0 aliphatic carbocycles. The molecule has 2 rings (SSSR count). The molecule has 0 fully saturated rings. The van der Waals surface area contributed by atoms with E-state index < -0.39 is 0 Å². The molecule has 0 bridgehead atoms. The average Bonchev–Trinajstić information content (AvgIpc) is 2.79. The Labute approximate surface area is 142 Å². The lowest BCUT2D eigenvalue weighted by molar-refractivity contribution is 0.603. The maximum atomic E-state index is 13.8. The van der Waals surface area contributed by atoms with Gasteiger partial charge in [-0.2, -0.15) is 0 Å². The Kier molecular flexibility index (Phi) is 5.90. The number of thiazole rings is 1. The van der Waals surface area contributed by atoms with Gasteiger partial charge in [-0.25, -0.2) is 9.37 Å². The number of rotatable bonds is 4. The van der Waals surface area contributed by atoms with E-state index in [-0.39, 0.29) is 5.82 Å². The van der Waals surface area contributed by atoms with Crippen LogP contribution in [0.25, 0.3) is 0 Å². The van der Waals surface area contributed by atoms with E-state index in [1.54, 1.807) is 24.5 Å². The second-order valence-corrected chi connectivity index (χ2v) is 6.97. The molecule has 1 aromatic heterocycles. The monoisotopic (exact) mass is 384 g/mol. The van der Waals surface area contributed by atoms with E-state index in [2.05, 4.69) is 43.5 Å². The van der Waals surface area contributed by atoms with Crippen molar-refractivity contribution in [2.75, 3.05) is 7.05 Å². The fourth-order valence-electron chi connectivity index (χ4n) is 1.84. The van der Waals surface area contributed by atoms with Crippen LogP contribution >= 0.6 is 27.3 Å². The summed E-state index contributed by atoms with van der Waals surface area (Å²) in [6.45, 7) is 5.02. The standard InChI is InChI=1S/C15H18BrFN4S/c1-9-10(2)22-14(21-9)8-20-15(18-3)19-7-11-4-5-12(16)6-13(11)17/h4-6H,7-8H2,1-3H3,(H2,18,19,20). The van der Waals surface area contributed by atoms with Gasteiger partial charge in [-0.3, -0.25) is 4.99 Å². The SMILES string of the molecule is CN=C(NCc1nc(C)c(C)s1)NCc1ccc(Br)cc1F. The zero-order valence-electron chi connectivity index (χ0n) is 12.7. The third kappa shape index (κ3) is 4.51. The Balaban J connectivity index is 1.90.